The highest BCUT2D eigenvalue weighted by atomic mass is 32.2. The normalized spacial score (nSPS) is 10.9. The van der Waals surface area contributed by atoms with Crippen LogP contribution in [-0.4, -0.2) is 24.9 Å². The van der Waals surface area contributed by atoms with Crippen molar-refractivity contribution in [2.75, 3.05) is 5.75 Å². The number of para-hydroxylation sites is 1. The summed E-state index contributed by atoms with van der Waals surface area (Å²) in [6.45, 7) is 4.09. The summed E-state index contributed by atoms with van der Waals surface area (Å²) in [7, 11) is 0. The SMILES string of the molecule is C=CCn1c(=O)c2ccccc2n2c(SCCCC#N)nnc12. The molecule has 0 amide bonds. The highest BCUT2D eigenvalue weighted by Crippen LogP contribution is 2.22. The molecule has 0 fully saturated rings. The van der Waals surface area contributed by atoms with E-state index in [2.05, 4.69) is 22.8 Å². The molecule has 0 atom stereocenters. The third kappa shape index (κ3) is 2.73. The molecule has 23 heavy (non-hydrogen) atoms. The number of rotatable bonds is 6. The standard InChI is InChI=1S/C16H15N5OS/c1-2-10-20-14(22)12-7-3-4-8-13(12)21-15(20)18-19-16(21)23-11-6-5-9-17/h2-4,7-8H,1,5-6,10-11H2. The number of benzene rings is 1. The van der Waals surface area contributed by atoms with E-state index in [4.69, 9.17) is 5.26 Å². The summed E-state index contributed by atoms with van der Waals surface area (Å²) in [6.07, 6.45) is 2.98. The van der Waals surface area contributed by atoms with Crippen molar-refractivity contribution in [3.8, 4) is 6.07 Å². The maximum Gasteiger partial charge on any atom is 0.263 e. The minimum atomic E-state index is -0.0959. The molecule has 2 heterocycles. The van der Waals surface area contributed by atoms with Crippen LogP contribution < -0.4 is 5.56 Å². The van der Waals surface area contributed by atoms with Crippen molar-refractivity contribution in [1.29, 1.82) is 5.26 Å². The monoisotopic (exact) mass is 325 g/mol. The lowest BCUT2D eigenvalue weighted by molar-refractivity contribution is 0.783. The molecule has 1 aromatic carbocycles. The Morgan fingerprint density at radius 2 is 2.17 bits per heavy atom. The molecule has 0 aliphatic rings. The van der Waals surface area contributed by atoms with Gasteiger partial charge in [0, 0.05) is 18.7 Å². The molecule has 116 valence electrons. The van der Waals surface area contributed by atoms with Crippen LogP contribution in [0, 0.1) is 11.3 Å². The molecule has 3 rings (SSSR count). The average molecular weight is 325 g/mol. The van der Waals surface area contributed by atoms with Gasteiger partial charge in [-0.2, -0.15) is 5.26 Å². The average Bonchev–Trinajstić information content (AvgIpc) is 2.99. The molecule has 7 heteroatoms. The quantitative estimate of drug-likeness (QED) is 0.395. The fraction of sp³-hybridized carbons (Fsp3) is 0.250. The minimum absolute atomic E-state index is 0.0959. The third-order valence-corrected chi connectivity index (χ3v) is 4.47. The van der Waals surface area contributed by atoms with Crippen LogP contribution in [0.3, 0.4) is 0 Å². The smallest absolute Gasteiger partial charge is 0.263 e. The second-order valence-corrected chi connectivity index (χ2v) is 6.01. The molecule has 0 radical (unpaired) electrons. The molecule has 6 nitrogen and oxygen atoms in total. The zero-order chi connectivity index (χ0) is 16.2. The van der Waals surface area contributed by atoms with Crippen molar-refractivity contribution in [2.45, 2.75) is 24.5 Å². The molecule has 3 aromatic rings. The topological polar surface area (TPSA) is 76.0 Å². The Morgan fingerprint density at radius 1 is 1.35 bits per heavy atom. The van der Waals surface area contributed by atoms with Crippen LogP contribution in [-0.2, 0) is 6.54 Å². The highest BCUT2D eigenvalue weighted by molar-refractivity contribution is 7.99. The van der Waals surface area contributed by atoms with E-state index in [1.54, 1.807) is 28.5 Å². The van der Waals surface area contributed by atoms with Gasteiger partial charge >= 0.3 is 0 Å². The number of fused-ring (bicyclic) bond motifs is 3. The maximum atomic E-state index is 12.6. The fourth-order valence-electron chi connectivity index (χ4n) is 2.44. The van der Waals surface area contributed by atoms with E-state index in [9.17, 15) is 4.79 Å². The number of unbranched alkanes of at least 4 members (excludes halogenated alkanes) is 1. The van der Waals surface area contributed by atoms with Gasteiger partial charge in [0.05, 0.1) is 17.0 Å². The molecule has 0 aliphatic heterocycles. The Bertz CT molecular complexity index is 966. The van der Waals surface area contributed by atoms with Gasteiger partial charge in [0.1, 0.15) is 0 Å². The Hall–Kier alpha value is -2.59. The van der Waals surface area contributed by atoms with Crippen LogP contribution in [0.5, 0.6) is 0 Å². The second kappa shape index (κ2) is 6.67. The number of nitriles is 1. The predicted octanol–water partition coefficient (Wildman–Crippen LogP) is 2.63. The molecule has 0 unspecified atom stereocenters. The summed E-state index contributed by atoms with van der Waals surface area (Å²) < 4.78 is 3.47. The lowest BCUT2D eigenvalue weighted by atomic mass is 10.2. The van der Waals surface area contributed by atoms with Crippen molar-refractivity contribution in [3.63, 3.8) is 0 Å². The lowest BCUT2D eigenvalue weighted by Crippen LogP contribution is -2.22. The first-order chi connectivity index (χ1) is 11.3. The number of nitrogens with zero attached hydrogens (tertiary/aromatic N) is 5. The van der Waals surface area contributed by atoms with Gasteiger partial charge in [-0.1, -0.05) is 30.0 Å². The Labute approximate surface area is 137 Å². The Balaban J connectivity index is 2.19. The number of aromatic nitrogens is 4. The van der Waals surface area contributed by atoms with Crippen molar-refractivity contribution in [2.24, 2.45) is 0 Å². The van der Waals surface area contributed by atoms with Gasteiger partial charge in [-0.15, -0.1) is 16.8 Å². The second-order valence-electron chi connectivity index (χ2n) is 4.95. The molecule has 0 spiro atoms. The minimum Gasteiger partial charge on any atom is -0.272 e. The van der Waals surface area contributed by atoms with Crippen LogP contribution in [0.15, 0.2) is 46.9 Å². The fourth-order valence-corrected chi connectivity index (χ4v) is 3.31. The molecular formula is C16H15N5OS. The van der Waals surface area contributed by atoms with Gasteiger partial charge in [-0.3, -0.25) is 13.8 Å². The molecule has 0 saturated carbocycles. The zero-order valence-corrected chi connectivity index (χ0v) is 13.3. The largest absolute Gasteiger partial charge is 0.272 e. The summed E-state index contributed by atoms with van der Waals surface area (Å²) in [5.41, 5.74) is 0.696. The van der Waals surface area contributed by atoms with Crippen molar-refractivity contribution in [1.82, 2.24) is 19.2 Å². The van der Waals surface area contributed by atoms with Crippen LogP contribution in [0.4, 0.5) is 0 Å². The van der Waals surface area contributed by atoms with Gasteiger partial charge in [0.15, 0.2) is 5.16 Å². The number of thioether (sulfide) groups is 1. The van der Waals surface area contributed by atoms with E-state index in [1.165, 1.54) is 0 Å². The van der Waals surface area contributed by atoms with Crippen LogP contribution in [0.2, 0.25) is 0 Å². The number of hydrogen-bond donors (Lipinski definition) is 0. The first-order valence-corrected chi connectivity index (χ1v) is 8.24. The summed E-state index contributed by atoms with van der Waals surface area (Å²) in [6, 6.07) is 9.57. The van der Waals surface area contributed by atoms with Crippen LogP contribution >= 0.6 is 11.8 Å². The van der Waals surface area contributed by atoms with Crippen LogP contribution in [0.1, 0.15) is 12.8 Å². The van der Waals surface area contributed by atoms with Crippen LogP contribution in [0.25, 0.3) is 16.7 Å². The number of hydrogen-bond acceptors (Lipinski definition) is 5. The van der Waals surface area contributed by atoms with E-state index < -0.39 is 0 Å². The summed E-state index contributed by atoms with van der Waals surface area (Å²) in [5.74, 6) is 1.29. The Morgan fingerprint density at radius 3 is 2.96 bits per heavy atom. The van der Waals surface area contributed by atoms with Crippen molar-refractivity contribution in [3.05, 3.63) is 47.3 Å². The molecule has 0 aliphatic carbocycles. The van der Waals surface area contributed by atoms with Gasteiger partial charge in [0.25, 0.3) is 5.56 Å². The first-order valence-electron chi connectivity index (χ1n) is 7.25. The molecule has 0 saturated heterocycles. The molecule has 2 aromatic heterocycles. The van der Waals surface area contributed by atoms with Gasteiger partial charge < -0.3 is 0 Å². The predicted molar refractivity (Wildman–Crippen MR) is 90.5 cm³/mol. The van der Waals surface area contributed by atoms with Gasteiger partial charge in [0.2, 0.25) is 5.78 Å². The number of allylic oxidation sites excluding steroid dienone is 1. The Kier molecular flexibility index (Phi) is 4.44. The van der Waals surface area contributed by atoms with Gasteiger partial charge in [-0.25, -0.2) is 0 Å². The summed E-state index contributed by atoms with van der Waals surface area (Å²) >= 11 is 1.54. The molecular weight excluding hydrogens is 310 g/mol. The van der Waals surface area contributed by atoms with Crippen molar-refractivity contribution < 1.29 is 0 Å². The molecule has 0 N–H and O–H groups in total. The molecule has 0 bridgehead atoms. The van der Waals surface area contributed by atoms with E-state index in [-0.39, 0.29) is 5.56 Å². The first kappa shape index (κ1) is 15.3. The lowest BCUT2D eigenvalue weighted by Gasteiger charge is -2.09. The third-order valence-electron chi connectivity index (χ3n) is 3.45. The van der Waals surface area contributed by atoms with E-state index in [0.717, 1.165) is 22.8 Å². The maximum absolute atomic E-state index is 12.6. The van der Waals surface area contributed by atoms with Gasteiger partial charge in [-0.05, 0) is 18.6 Å². The van der Waals surface area contributed by atoms with E-state index in [1.807, 2.05) is 22.6 Å². The summed E-state index contributed by atoms with van der Waals surface area (Å²) in [4.78, 5) is 12.6. The van der Waals surface area contributed by atoms with E-state index in [0.29, 0.717) is 24.1 Å². The van der Waals surface area contributed by atoms with E-state index >= 15 is 0 Å². The summed E-state index contributed by atoms with van der Waals surface area (Å²) in [5, 5.41) is 18.4. The highest BCUT2D eigenvalue weighted by Gasteiger charge is 2.15. The zero-order valence-electron chi connectivity index (χ0n) is 12.5. The van der Waals surface area contributed by atoms with Crippen molar-refractivity contribution >= 4 is 28.4 Å².